The van der Waals surface area contributed by atoms with Crippen LogP contribution in [0.25, 0.3) is 4.13 Å². The molecule has 4 aromatic rings. The summed E-state index contributed by atoms with van der Waals surface area (Å²) >= 11 is 0. The molecule has 0 aliphatic rings. The van der Waals surface area contributed by atoms with Crippen molar-refractivity contribution >= 4 is 64.3 Å². The first kappa shape index (κ1) is 56.9. The first-order valence-electron chi connectivity index (χ1n) is 17.5. The average molecular weight is 1190 g/mol. The summed E-state index contributed by atoms with van der Waals surface area (Å²) in [5, 5.41) is 1.62. The second-order valence-electron chi connectivity index (χ2n) is 15.1. The Hall–Kier alpha value is -3.19. The Morgan fingerprint density at radius 2 is 0.750 bits per heavy atom. The van der Waals surface area contributed by atoms with E-state index in [4.69, 9.17) is 0 Å². The molecule has 0 saturated heterocycles. The molecule has 0 N–H and O–H groups in total. The summed E-state index contributed by atoms with van der Waals surface area (Å²) in [6.07, 6.45) is 0. The maximum Gasteiger partial charge on any atom is 1.00 e. The first-order chi connectivity index (χ1) is 28.3. The van der Waals surface area contributed by atoms with Gasteiger partial charge in [0.1, 0.15) is 18.7 Å². The molecule has 0 spiro atoms. The number of nitrogens with zero attached hydrogens (tertiary/aromatic N) is 1. The van der Waals surface area contributed by atoms with Crippen molar-refractivity contribution in [3.63, 3.8) is 0 Å². The predicted molar refractivity (Wildman–Crippen MR) is 211 cm³/mol. The maximum absolute atomic E-state index is 15.6. The minimum atomic E-state index is -6.72. The zero-order valence-corrected chi connectivity index (χ0v) is 40.0. The molecule has 64 heavy (non-hydrogen) atoms. The standard InChI is InChI=1S/C35H32BF10PSi.C2F6NO4S2.Au/c1-15-10-17(3)34(18(4)11-15)47(35-19(5)12-16(2)13-20(35)6)21(48(7,8)9)14-36(22-24(37)28(41)32(45)29(42)25(22)38)23-26(39)30(43)33(46)31(44)27(23)40;3-1(4,5)14(10,11)9-15(12,13)2(6,7)8;/h10-14H,1-9H3;;/q;-1;+1/p+1/b21-14+;;. The van der Waals surface area contributed by atoms with E-state index in [9.17, 15) is 69.5 Å². The van der Waals surface area contributed by atoms with Gasteiger partial charge in [-0.3, -0.25) is 0 Å². The van der Waals surface area contributed by atoms with Gasteiger partial charge in [-0.2, -0.15) is 26.3 Å². The number of alkyl halides is 6. The minimum Gasteiger partial charge on any atom is -0.421 e. The zero-order valence-electron chi connectivity index (χ0n) is 34.2. The van der Waals surface area contributed by atoms with Crippen LogP contribution in [-0.2, 0) is 42.4 Å². The van der Waals surface area contributed by atoms with Crippen LogP contribution in [0, 0.1) is 99.7 Å². The van der Waals surface area contributed by atoms with Crippen molar-refractivity contribution in [1.82, 2.24) is 0 Å². The van der Waals surface area contributed by atoms with Crippen LogP contribution in [0.3, 0.4) is 0 Å². The number of benzene rings is 4. The van der Waals surface area contributed by atoms with Gasteiger partial charge >= 0.3 is 33.4 Å². The van der Waals surface area contributed by atoms with Crippen LogP contribution in [0.2, 0.25) is 19.6 Å². The number of hydrogen-bond acceptors (Lipinski definition) is 4. The van der Waals surface area contributed by atoms with Crippen molar-refractivity contribution in [1.29, 1.82) is 0 Å². The molecule has 0 aliphatic heterocycles. The molecule has 0 amide bonds. The second-order valence-corrected chi connectivity index (χ2v) is 26.4. The van der Waals surface area contributed by atoms with E-state index in [1.165, 1.54) is 0 Å². The van der Waals surface area contributed by atoms with Gasteiger partial charge in [-0.25, -0.2) is 60.7 Å². The van der Waals surface area contributed by atoms with E-state index >= 15 is 17.6 Å². The number of hydrogen-bond donors (Lipinski definition) is 0. The van der Waals surface area contributed by atoms with Crippen molar-refractivity contribution < 1.29 is 109 Å². The molecule has 0 bridgehead atoms. The molecule has 5 nitrogen and oxygen atoms in total. The first-order valence-corrected chi connectivity index (χ1v) is 25.4. The van der Waals surface area contributed by atoms with Crippen LogP contribution in [0.1, 0.15) is 33.4 Å². The van der Waals surface area contributed by atoms with Gasteiger partial charge in [0.15, 0.2) is 78.2 Å². The second kappa shape index (κ2) is 20.0. The fourth-order valence-corrected chi connectivity index (χ4v) is 15.8. The monoisotopic (exact) mass is 1190 g/mol. The van der Waals surface area contributed by atoms with Gasteiger partial charge in [0.05, 0.1) is 7.92 Å². The van der Waals surface area contributed by atoms with Gasteiger partial charge in [0, 0.05) is 15.9 Å². The molecule has 27 heteroatoms. The third-order valence-corrected chi connectivity index (χ3v) is 20.0. The van der Waals surface area contributed by atoms with Crippen molar-refractivity contribution in [3.8, 4) is 0 Å². The summed E-state index contributed by atoms with van der Waals surface area (Å²) in [4.78, 5) is 0.399. The Morgan fingerprint density at radius 1 is 0.516 bits per heavy atom. The summed E-state index contributed by atoms with van der Waals surface area (Å²) in [5.41, 5.74) is -10.8. The summed E-state index contributed by atoms with van der Waals surface area (Å²) in [7, 11) is -18.7. The van der Waals surface area contributed by atoms with E-state index in [0.29, 0.717) is 4.94 Å². The maximum atomic E-state index is 15.6. The van der Waals surface area contributed by atoms with E-state index < -0.39 is 123 Å². The number of halogens is 16. The fourth-order valence-electron chi connectivity index (χ4n) is 6.73. The summed E-state index contributed by atoms with van der Waals surface area (Å²) < 4.78 is 259. The molecular weight excluding hydrogens is 1160 g/mol. The predicted octanol–water partition coefficient (Wildman–Crippen LogP) is 9.76. The van der Waals surface area contributed by atoms with Gasteiger partial charge in [-0.15, -0.1) is 0 Å². The molecule has 356 valence electrons. The Morgan fingerprint density at radius 3 is 0.969 bits per heavy atom. The topological polar surface area (TPSA) is 82.4 Å². The van der Waals surface area contributed by atoms with Crippen LogP contribution in [-0.4, -0.2) is 42.6 Å². The Balaban J connectivity index is 0.000000753. The van der Waals surface area contributed by atoms with Crippen LogP contribution in [0.5, 0.6) is 0 Å². The molecule has 4 aromatic carbocycles. The molecule has 0 heterocycles. The van der Waals surface area contributed by atoms with Crippen LogP contribution in [0.15, 0.2) is 35.2 Å². The molecule has 0 unspecified atom stereocenters. The normalized spacial score (nSPS) is 12.9. The summed E-state index contributed by atoms with van der Waals surface area (Å²) in [6, 6.07) is 7.66. The molecule has 0 fully saturated rings. The summed E-state index contributed by atoms with van der Waals surface area (Å²) in [6.45, 7) is 14.0. The SMILES string of the molecule is Cc1cc(C)c([PH+](/C(=C\B(c2c(F)c(F)c(F)c(F)c2F)c2c(F)c(F)c(F)c(F)c2F)[Si](C)(C)C)c2c(C)cc(C)cc2C)c(C)c1.O=S(=O)([N-]S(=O)(=O)C(F)(F)F)C(F)(F)F.[Au+]. The Bertz CT molecular complexity index is 2480. The van der Waals surface area contributed by atoms with E-state index in [1.807, 2.05) is 85.4 Å². The Kier molecular flexibility index (Phi) is 17.8. The van der Waals surface area contributed by atoms with Gasteiger partial charge in [0.25, 0.3) is 6.71 Å². The largest absolute Gasteiger partial charge is 1.00 e. The van der Waals surface area contributed by atoms with Crippen LogP contribution >= 0.6 is 7.92 Å². The molecular formula is C37H33AuBF16NO4PS2Si+. The van der Waals surface area contributed by atoms with E-state index in [0.717, 1.165) is 54.1 Å². The van der Waals surface area contributed by atoms with E-state index in [1.54, 1.807) is 0 Å². The van der Waals surface area contributed by atoms with Gasteiger partial charge < -0.3 is 4.13 Å². The van der Waals surface area contributed by atoms with Crippen molar-refractivity contribution in [2.75, 3.05) is 0 Å². The summed E-state index contributed by atoms with van der Waals surface area (Å²) in [5.74, 6) is -23.6. The number of aryl methyl sites for hydroxylation is 6. The third-order valence-electron chi connectivity index (χ3n) is 9.16. The minimum absolute atomic E-state index is 0. The van der Waals surface area contributed by atoms with Crippen molar-refractivity contribution in [2.45, 2.75) is 72.2 Å². The average Bonchev–Trinajstić information content (AvgIpc) is 3.10. The van der Waals surface area contributed by atoms with Crippen LogP contribution < -0.4 is 21.5 Å². The molecule has 4 rings (SSSR count). The van der Waals surface area contributed by atoms with Gasteiger partial charge in [-0.05, 0) is 63.8 Å². The molecule has 0 saturated carbocycles. The molecule has 0 atom stereocenters. The van der Waals surface area contributed by atoms with Gasteiger partial charge in [0.2, 0.25) is 0 Å². The van der Waals surface area contributed by atoms with E-state index in [2.05, 4.69) is 0 Å². The van der Waals surface area contributed by atoms with Crippen LogP contribution in [0.4, 0.5) is 70.2 Å². The number of sulfonamides is 2. The third kappa shape index (κ3) is 11.5. The smallest absolute Gasteiger partial charge is 0.421 e. The zero-order chi connectivity index (χ0) is 49.0. The van der Waals surface area contributed by atoms with E-state index in [-0.39, 0.29) is 22.4 Å². The molecule has 0 aliphatic carbocycles. The van der Waals surface area contributed by atoms with Gasteiger partial charge in [-0.1, -0.05) is 61.0 Å². The fraction of sp³-hybridized carbons (Fsp3) is 0.297. The number of rotatable bonds is 9. The molecule has 0 radical (unpaired) electrons. The van der Waals surface area contributed by atoms with Crippen molar-refractivity contribution in [3.05, 3.63) is 131 Å². The van der Waals surface area contributed by atoms with Crippen molar-refractivity contribution in [2.24, 2.45) is 0 Å². The Labute approximate surface area is 375 Å². The molecule has 0 aromatic heterocycles. The quantitative estimate of drug-likeness (QED) is 0.0550.